The lowest BCUT2D eigenvalue weighted by atomic mass is 10.2. The fourth-order valence-electron chi connectivity index (χ4n) is 2.10. The van der Waals surface area contributed by atoms with E-state index in [4.69, 9.17) is 9.47 Å². The van der Waals surface area contributed by atoms with Crippen LogP contribution in [0.25, 0.3) is 0 Å². The summed E-state index contributed by atoms with van der Waals surface area (Å²) in [5, 5.41) is 6.11. The Morgan fingerprint density at radius 2 is 2.29 bits per heavy atom. The number of hydrogen-bond donors (Lipinski definition) is 2. The zero-order chi connectivity index (χ0) is 15.1. The molecule has 0 radical (unpaired) electrons. The van der Waals surface area contributed by atoms with Gasteiger partial charge < -0.3 is 25.0 Å². The lowest BCUT2D eigenvalue weighted by Gasteiger charge is -2.26. The number of nitrogens with one attached hydrogen (secondary N) is 2. The van der Waals surface area contributed by atoms with Gasteiger partial charge in [-0.3, -0.25) is 4.79 Å². The number of para-hydroxylation sites is 2. The summed E-state index contributed by atoms with van der Waals surface area (Å²) in [5.74, 6) is 0.637. The largest absolute Gasteiger partial charge is 0.477 e. The lowest BCUT2D eigenvalue weighted by molar-refractivity contribution is -0.127. The van der Waals surface area contributed by atoms with Gasteiger partial charge in [-0.05, 0) is 19.2 Å². The molecule has 1 amide bonds. The van der Waals surface area contributed by atoms with E-state index < -0.39 is 6.10 Å². The second-order valence-electron chi connectivity index (χ2n) is 5.07. The van der Waals surface area contributed by atoms with Gasteiger partial charge in [0.05, 0.1) is 18.8 Å². The van der Waals surface area contributed by atoms with Crippen molar-refractivity contribution >= 4 is 11.6 Å². The maximum absolute atomic E-state index is 12.1. The molecule has 0 fully saturated rings. The van der Waals surface area contributed by atoms with E-state index >= 15 is 0 Å². The number of benzene rings is 1. The molecule has 0 aromatic heterocycles. The van der Waals surface area contributed by atoms with Crippen LogP contribution in [0.4, 0.5) is 5.69 Å². The van der Waals surface area contributed by atoms with Crippen molar-refractivity contribution in [3.8, 4) is 5.75 Å². The highest BCUT2D eigenvalue weighted by atomic mass is 16.5. The minimum Gasteiger partial charge on any atom is -0.477 e. The number of likely N-dealkylation sites (N-methyl/N-ethyl adjacent to an activating group) is 1. The fourth-order valence-corrected chi connectivity index (χ4v) is 2.10. The maximum Gasteiger partial charge on any atom is 0.262 e. The second-order valence-corrected chi connectivity index (χ2v) is 5.07. The SMILES string of the molecule is COCCN(C)CCNC(=O)C1CNc2ccccc2O1. The number of hydrogen-bond acceptors (Lipinski definition) is 5. The molecule has 0 aliphatic carbocycles. The molecule has 1 heterocycles. The third kappa shape index (κ3) is 4.61. The van der Waals surface area contributed by atoms with Crippen molar-refractivity contribution in [2.45, 2.75) is 6.10 Å². The van der Waals surface area contributed by atoms with Crippen LogP contribution < -0.4 is 15.4 Å². The highest BCUT2D eigenvalue weighted by Crippen LogP contribution is 2.27. The number of nitrogens with zero attached hydrogens (tertiary/aromatic N) is 1. The minimum absolute atomic E-state index is 0.0860. The summed E-state index contributed by atoms with van der Waals surface area (Å²) in [5.41, 5.74) is 0.931. The Balaban J connectivity index is 1.72. The van der Waals surface area contributed by atoms with Crippen LogP contribution >= 0.6 is 0 Å². The molecule has 6 nitrogen and oxygen atoms in total. The molecule has 1 aromatic rings. The van der Waals surface area contributed by atoms with Crippen LogP contribution in [0.1, 0.15) is 0 Å². The second kappa shape index (κ2) is 7.85. The number of methoxy groups -OCH3 is 1. The normalized spacial score (nSPS) is 16.8. The fraction of sp³-hybridized carbons (Fsp3) is 0.533. The standard InChI is InChI=1S/C15H23N3O3/c1-18(9-10-20-2)8-7-16-15(19)14-11-17-12-5-3-4-6-13(12)21-14/h3-6,14,17H,7-11H2,1-2H3,(H,16,19). The summed E-state index contributed by atoms with van der Waals surface area (Å²) in [6.07, 6.45) is -0.482. The van der Waals surface area contributed by atoms with Gasteiger partial charge in [-0.25, -0.2) is 0 Å². The molecular weight excluding hydrogens is 270 g/mol. The molecule has 0 saturated carbocycles. The Morgan fingerprint density at radius 1 is 1.48 bits per heavy atom. The van der Waals surface area contributed by atoms with Crippen molar-refractivity contribution in [3.05, 3.63) is 24.3 Å². The Labute approximate surface area is 125 Å². The van der Waals surface area contributed by atoms with E-state index in [1.165, 1.54) is 0 Å². The number of anilines is 1. The first-order valence-corrected chi connectivity index (χ1v) is 7.15. The average molecular weight is 293 g/mol. The predicted octanol–water partition coefficient (Wildman–Crippen LogP) is 0.554. The van der Waals surface area contributed by atoms with E-state index in [0.717, 1.165) is 24.5 Å². The van der Waals surface area contributed by atoms with Crippen molar-refractivity contribution in [3.63, 3.8) is 0 Å². The molecule has 0 spiro atoms. The van der Waals surface area contributed by atoms with Gasteiger partial charge in [0.2, 0.25) is 0 Å². The first-order valence-electron chi connectivity index (χ1n) is 7.15. The van der Waals surface area contributed by atoms with Crippen LogP contribution in [-0.2, 0) is 9.53 Å². The first-order chi connectivity index (χ1) is 10.2. The number of rotatable bonds is 7. The molecule has 116 valence electrons. The van der Waals surface area contributed by atoms with Gasteiger partial charge >= 0.3 is 0 Å². The molecule has 1 unspecified atom stereocenters. The van der Waals surface area contributed by atoms with E-state index in [2.05, 4.69) is 15.5 Å². The van der Waals surface area contributed by atoms with E-state index in [1.807, 2.05) is 31.3 Å². The van der Waals surface area contributed by atoms with Gasteiger partial charge in [-0.2, -0.15) is 0 Å². The highest BCUT2D eigenvalue weighted by Gasteiger charge is 2.25. The molecule has 1 aromatic carbocycles. The molecule has 21 heavy (non-hydrogen) atoms. The van der Waals surface area contributed by atoms with Gasteiger partial charge in [-0.15, -0.1) is 0 Å². The van der Waals surface area contributed by atoms with Crippen LogP contribution in [0.2, 0.25) is 0 Å². The summed E-state index contributed by atoms with van der Waals surface area (Å²) < 4.78 is 10.7. The molecule has 6 heteroatoms. The van der Waals surface area contributed by atoms with Gasteiger partial charge in [0.1, 0.15) is 5.75 Å². The van der Waals surface area contributed by atoms with Gasteiger partial charge in [0.15, 0.2) is 6.10 Å². The van der Waals surface area contributed by atoms with E-state index in [0.29, 0.717) is 19.7 Å². The van der Waals surface area contributed by atoms with E-state index in [-0.39, 0.29) is 5.91 Å². The van der Waals surface area contributed by atoms with E-state index in [1.54, 1.807) is 7.11 Å². The van der Waals surface area contributed by atoms with Gasteiger partial charge in [0.25, 0.3) is 5.91 Å². The summed E-state index contributed by atoms with van der Waals surface area (Å²) >= 11 is 0. The Morgan fingerprint density at radius 3 is 3.10 bits per heavy atom. The molecule has 2 N–H and O–H groups in total. The van der Waals surface area contributed by atoms with Crippen LogP contribution in [-0.4, -0.2) is 63.9 Å². The number of carbonyl (C=O) groups excluding carboxylic acids is 1. The van der Waals surface area contributed by atoms with Crippen molar-refractivity contribution in [1.82, 2.24) is 10.2 Å². The zero-order valence-corrected chi connectivity index (χ0v) is 12.6. The lowest BCUT2D eigenvalue weighted by Crippen LogP contribution is -2.46. The maximum atomic E-state index is 12.1. The Bertz CT molecular complexity index is 467. The summed E-state index contributed by atoms with van der Waals surface area (Å²) in [4.78, 5) is 14.2. The predicted molar refractivity (Wildman–Crippen MR) is 81.7 cm³/mol. The van der Waals surface area contributed by atoms with Crippen LogP contribution in [0, 0.1) is 0 Å². The summed E-state index contributed by atoms with van der Waals surface area (Å²) in [6, 6.07) is 7.63. The number of carbonyl (C=O) groups is 1. The molecular formula is C15H23N3O3. The number of fused-ring (bicyclic) bond motifs is 1. The highest BCUT2D eigenvalue weighted by molar-refractivity contribution is 5.83. The van der Waals surface area contributed by atoms with Crippen molar-refractivity contribution < 1.29 is 14.3 Å². The zero-order valence-electron chi connectivity index (χ0n) is 12.6. The molecule has 1 atom stereocenters. The van der Waals surface area contributed by atoms with Crippen LogP contribution in [0.15, 0.2) is 24.3 Å². The molecule has 0 bridgehead atoms. The molecule has 1 aliphatic rings. The Kier molecular flexibility index (Phi) is 5.83. The smallest absolute Gasteiger partial charge is 0.262 e. The van der Waals surface area contributed by atoms with Crippen molar-refractivity contribution in [1.29, 1.82) is 0 Å². The third-order valence-corrected chi connectivity index (χ3v) is 3.40. The summed E-state index contributed by atoms with van der Waals surface area (Å²) in [7, 11) is 3.68. The number of ether oxygens (including phenoxy) is 2. The molecule has 2 rings (SSSR count). The van der Waals surface area contributed by atoms with Crippen LogP contribution in [0.5, 0.6) is 5.75 Å². The third-order valence-electron chi connectivity index (χ3n) is 3.40. The Hall–Kier alpha value is -1.79. The van der Waals surface area contributed by atoms with E-state index in [9.17, 15) is 4.79 Å². The summed E-state index contributed by atoms with van der Waals surface area (Å²) in [6.45, 7) is 3.41. The first kappa shape index (κ1) is 15.6. The quantitative estimate of drug-likeness (QED) is 0.769. The van der Waals surface area contributed by atoms with Crippen molar-refractivity contribution in [2.24, 2.45) is 0 Å². The monoisotopic (exact) mass is 293 g/mol. The van der Waals surface area contributed by atoms with Crippen LogP contribution in [0.3, 0.4) is 0 Å². The minimum atomic E-state index is -0.482. The molecule has 0 saturated heterocycles. The molecule has 1 aliphatic heterocycles. The van der Waals surface area contributed by atoms with Gasteiger partial charge in [-0.1, -0.05) is 12.1 Å². The van der Waals surface area contributed by atoms with Gasteiger partial charge in [0, 0.05) is 26.7 Å². The van der Waals surface area contributed by atoms with Crippen molar-refractivity contribution in [2.75, 3.05) is 52.3 Å². The number of amides is 1. The average Bonchev–Trinajstić information content (AvgIpc) is 2.52. The topological polar surface area (TPSA) is 62.8 Å².